The molecule has 0 aromatic heterocycles. The molecule has 0 aliphatic rings. The lowest BCUT2D eigenvalue weighted by atomic mass is 9.78. The number of rotatable bonds is 28. The van der Waals surface area contributed by atoms with E-state index in [0.29, 0.717) is 50.9 Å². The molecule has 0 atom stereocenters. The third-order valence-corrected chi connectivity index (χ3v) is 29.9. The predicted octanol–water partition coefficient (Wildman–Crippen LogP) is 31.2. The van der Waals surface area contributed by atoms with Crippen molar-refractivity contribution in [3.63, 3.8) is 0 Å². The first-order chi connectivity index (χ1) is 68.4. The van der Waals surface area contributed by atoms with Crippen LogP contribution < -0.4 is 42.6 Å². The van der Waals surface area contributed by atoms with Crippen molar-refractivity contribution >= 4 is 117 Å². The van der Waals surface area contributed by atoms with Crippen molar-refractivity contribution < 1.29 is 87.1 Å². The van der Waals surface area contributed by atoms with Gasteiger partial charge < -0.3 is 42.6 Å². The third-order valence-electron chi connectivity index (χ3n) is 23.9. The van der Waals surface area contributed by atoms with E-state index < -0.39 is 52.8 Å². The van der Waals surface area contributed by atoms with Crippen molar-refractivity contribution in [3.05, 3.63) is 395 Å². The quantitative estimate of drug-likeness (QED) is 0.0251. The summed E-state index contributed by atoms with van der Waals surface area (Å²) in [4.78, 5) is 49.0. The molecule has 19 nitrogen and oxygen atoms in total. The van der Waals surface area contributed by atoms with Gasteiger partial charge in [-0.3, -0.25) is 19.2 Å². The highest BCUT2D eigenvalue weighted by Gasteiger charge is 2.33. The van der Waals surface area contributed by atoms with E-state index in [4.69, 9.17) is 42.6 Å². The molecule has 0 fully saturated rings. The van der Waals surface area contributed by atoms with Crippen LogP contribution in [0.2, 0.25) is 0 Å². The minimum absolute atomic E-state index is 0.0545. The van der Waals surface area contributed by atoms with Gasteiger partial charge in [0.25, 0.3) is 0 Å². The smallest absolute Gasteiger partial charge is 0.327 e. The lowest BCUT2D eigenvalue weighted by molar-refractivity contribution is -0.136. The van der Waals surface area contributed by atoms with Crippen LogP contribution in [0.4, 0.5) is 0 Å². The van der Waals surface area contributed by atoms with Crippen molar-refractivity contribution in [2.75, 3.05) is 13.4 Å². The van der Waals surface area contributed by atoms with Gasteiger partial charge in [0.05, 0.1) is 31.6 Å². The summed E-state index contributed by atoms with van der Waals surface area (Å²) < 4.78 is 122. The summed E-state index contributed by atoms with van der Waals surface area (Å²) in [5.74, 6) is 6.61. The molecule has 26 heteroatoms. The molecule has 0 aliphatic carbocycles. The Bertz CT molecular complexity index is 7150. The Morgan fingerprint density at radius 3 is 0.524 bits per heavy atom. The zero-order valence-electron chi connectivity index (χ0n) is 87.3. The Hall–Kier alpha value is -12.3. The average Bonchev–Trinajstić information content (AvgIpc) is 0.863. The van der Waals surface area contributed by atoms with Crippen LogP contribution in [0.25, 0.3) is 0 Å². The van der Waals surface area contributed by atoms with Crippen LogP contribution in [0.5, 0.6) is 74.7 Å². The van der Waals surface area contributed by atoms with Gasteiger partial charge in [0, 0.05) is 22.5 Å². The number of hydrogen-bond acceptors (Lipinski definition) is 19. The number of sulfone groups is 3. The van der Waals surface area contributed by atoms with Crippen molar-refractivity contribution in [1.82, 2.24) is 0 Å². The summed E-state index contributed by atoms with van der Waals surface area (Å²) >= 11 is 13.2. The van der Waals surface area contributed by atoms with Gasteiger partial charge in [-0.2, -0.15) is 0 Å². The number of ether oxygens (including phenoxy) is 9. The first kappa shape index (κ1) is 117. The molecule has 147 heavy (non-hydrogen) atoms. The highest BCUT2D eigenvalue weighted by atomic mass is 79.9. The Morgan fingerprint density at radius 1 is 0.204 bits per heavy atom. The second-order valence-corrected chi connectivity index (χ2v) is 54.8. The van der Waals surface area contributed by atoms with Gasteiger partial charge in [-0.05, 0) is 343 Å². The maximum absolute atomic E-state index is 13.0. The monoisotopic (exact) mass is 2300 g/mol. The second kappa shape index (κ2) is 48.4. The van der Waals surface area contributed by atoms with Crippen molar-refractivity contribution in [2.45, 2.75) is 221 Å². The Balaban J connectivity index is 0.000000189. The first-order valence-corrected chi connectivity index (χ1v) is 55.4. The summed E-state index contributed by atoms with van der Waals surface area (Å²) in [6, 6.07) is 102. The van der Waals surface area contributed by atoms with Crippen LogP contribution in [-0.4, -0.2) is 79.8 Å². The molecule has 14 aromatic carbocycles. The number of halogens is 4. The minimum Gasteiger partial charge on any atom is -0.497 e. The number of hydrogen-bond donors (Lipinski definition) is 0. The molecule has 0 heterocycles. The van der Waals surface area contributed by atoms with E-state index >= 15 is 0 Å². The SMILES string of the molecule is CC(C)(Br)C(=O)Oc1ccc(C(C)(C)c2ccc(Oc3ccc(S(C)(=O)=O)cc3)cc2)cc1.CC(C)(Br)C(=O)Oc1ccc(S(=O)(=O)c2ccc(Oc3ccc(C(C)(C)C)cc3)cc2)cc1.COc1ccc(C(C)(C)c2ccc(OC(=O)C(C)(C)Br)cc2)cc1.Cc1ccc(Oc2ccc(C(C)(C)c3ccc(OC(=O)C(C)(C)Br)cc3)cc2)cc1.Cc1ccc(S(=O)(=O)c2ccc(Oc3ccc(C(C)(C)C)cc3)cc2)cc1. The van der Waals surface area contributed by atoms with E-state index in [2.05, 4.69) is 178 Å². The normalized spacial score (nSPS) is 12.1. The van der Waals surface area contributed by atoms with E-state index in [1.165, 1.54) is 82.6 Å². The summed E-state index contributed by atoms with van der Waals surface area (Å²) in [5.41, 5.74) is 10.9. The van der Waals surface area contributed by atoms with Crippen LogP contribution in [0.1, 0.15) is 194 Å². The number of carbonyl (C=O) groups is 4. The molecule has 772 valence electrons. The van der Waals surface area contributed by atoms with E-state index in [-0.39, 0.29) is 70.3 Å². The van der Waals surface area contributed by atoms with Gasteiger partial charge in [-0.15, -0.1) is 0 Å². The Morgan fingerprint density at radius 2 is 0.347 bits per heavy atom. The summed E-state index contributed by atoms with van der Waals surface area (Å²) in [5, 5.41) is 0. The van der Waals surface area contributed by atoms with Gasteiger partial charge in [0.15, 0.2) is 9.84 Å². The van der Waals surface area contributed by atoms with Crippen LogP contribution in [-0.2, 0) is 75.8 Å². The number of carbonyl (C=O) groups excluding carboxylic acids is 4. The van der Waals surface area contributed by atoms with Crippen LogP contribution in [0, 0.1) is 13.8 Å². The van der Waals surface area contributed by atoms with E-state index in [0.717, 1.165) is 50.8 Å². The fourth-order valence-corrected chi connectivity index (χ4v) is 17.6. The molecule has 0 bridgehead atoms. The highest BCUT2D eigenvalue weighted by Crippen LogP contribution is 2.41. The Labute approximate surface area is 901 Å². The van der Waals surface area contributed by atoms with Gasteiger partial charge in [0.1, 0.15) is 92.0 Å². The highest BCUT2D eigenvalue weighted by molar-refractivity contribution is 9.10. The summed E-state index contributed by atoms with van der Waals surface area (Å²) in [6.07, 6.45) is 1.17. The summed E-state index contributed by atoms with van der Waals surface area (Å²) in [7, 11) is -8.83. The van der Waals surface area contributed by atoms with Crippen LogP contribution in [0.3, 0.4) is 0 Å². The summed E-state index contributed by atoms with van der Waals surface area (Å²) in [6.45, 7) is 43.7. The van der Waals surface area contributed by atoms with E-state index in [1.807, 2.05) is 189 Å². The van der Waals surface area contributed by atoms with Crippen molar-refractivity contribution in [1.29, 1.82) is 0 Å². The fraction of sp³-hybridized carbons (Fsp3) is 0.273. The van der Waals surface area contributed by atoms with Gasteiger partial charge in [-0.1, -0.05) is 279 Å². The standard InChI is InChI=1S/2C26H27BrO5S.C26H27BrO3.C23H24O3S.C20H23BrO3/c1-25(2,19-8-12-22(13-9-19)32-24(28)26(3,4)27)18-6-10-20(11-7-18)31-21-14-16-23(17-15-21)33(5,29)30;1-25(2,3)18-6-8-19(9-7-18)31-20-10-14-22(15-11-20)33(29,30)23-16-12-21(13-17-23)32-24(28)26(4,5)27;1-18-6-12-21(13-7-18)29-22-14-8-19(9-15-22)25(2,3)20-10-16-23(17-11-20)30-24(28)26(4,5)27;1-17-5-13-21(14-6-17)27(24,25)22-15-11-20(12-16-22)26-19-9-7-18(8-10-19)23(2,3)4;1-19(2,14-6-10-16(23-5)11-7-14)15-8-12-17(13-9-15)24-18(22)20(3,4)21/h2*6-17H,1-5H3;6-17H,1-5H3;5-16H,1-4H3;6-13H,1-5H3. The van der Waals surface area contributed by atoms with Crippen LogP contribution in [0.15, 0.2) is 364 Å². The lowest BCUT2D eigenvalue weighted by Crippen LogP contribution is -2.29. The Kier molecular flexibility index (Phi) is 38.4. The molecule has 14 rings (SSSR count). The van der Waals surface area contributed by atoms with E-state index in [1.54, 1.807) is 147 Å². The molecular formula is C121H128Br4O19S3. The first-order valence-electron chi connectivity index (χ1n) is 47.4. The molecule has 0 unspecified atom stereocenters. The largest absolute Gasteiger partial charge is 0.497 e. The maximum Gasteiger partial charge on any atom is 0.327 e. The fourth-order valence-electron chi connectivity index (χ4n) is 14.1. The molecular weight excluding hydrogens is 2170 g/mol. The predicted molar refractivity (Wildman–Crippen MR) is 599 cm³/mol. The lowest BCUT2D eigenvalue weighted by Gasteiger charge is -2.26. The van der Waals surface area contributed by atoms with Gasteiger partial charge >= 0.3 is 23.9 Å². The zero-order valence-corrected chi connectivity index (χ0v) is 96.1. The number of aryl methyl sites for hydroxylation is 2. The molecule has 0 saturated carbocycles. The van der Waals surface area contributed by atoms with Crippen LogP contribution >= 0.6 is 63.7 Å². The third kappa shape index (κ3) is 33.4. The molecule has 0 amide bonds. The number of esters is 4. The average molecular weight is 2300 g/mol. The molecule has 0 saturated heterocycles. The zero-order chi connectivity index (χ0) is 108. The molecule has 0 radical (unpaired) electrons. The number of methoxy groups -OCH3 is 1. The van der Waals surface area contributed by atoms with Crippen molar-refractivity contribution in [3.8, 4) is 74.7 Å². The number of alkyl halides is 4. The maximum atomic E-state index is 13.0. The second-order valence-electron chi connectivity index (χ2n) is 40.9. The van der Waals surface area contributed by atoms with Crippen molar-refractivity contribution in [2.24, 2.45) is 0 Å². The topological polar surface area (TPSA) is 254 Å². The number of benzene rings is 14. The van der Waals surface area contributed by atoms with Gasteiger partial charge in [0.2, 0.25) is 19.7 Å². The molecule has 0 N–H and O–H groups in total. The molecule has 0 spiro atoms. The van der Waals surface area contributed by atoms with E-state index in [9.17, 15) is 44.4 Å². The van der Waals surface area contributed by atoms with Gasteiger partial charge in [-0.25, -0.2) is 25.3 Å². The molecule has 0 aliphatic heterocycles. The molecule has 14 aromatic rings. The minimum atomic E-state index is -3.73.